The predicted octanol–water partition coefficient (Wildman–Crippen LogP) is 0.589. The van der Waals surface area contributed by atoms with E-state index in [1.807, 2.05) is 24.3 Å². The standard InChI is InChI=1S/C13H16N4O2/c1-19-8-13(18)15-6-11-2-4-12(5-3-11)7-17-10-14-9-16-17/h2-5,9-10H,6-8H2,1H3,(H,15,18). The number of hydrogen-bond donors (Lipinski definition) is 1. The highest BCUT2D eigenvalue weighted by molar-refractivity contribution is 5.77. The van der Waals surface area contributed by atoms with Crippen LogP contribution >= 0.6 is 0 Å². The summed E-state index contributed by atoms with van der Waals surface area (Å²) in [7, 11) is 1.50. The molecule has 2 rings (SSSR count). The van der Waals surface area contributed by atoms with Gasteiger partial charge in [0, 0.05) is 13.7 Å². The Kier molecular flexibility index (Phi) is 4.63. The second kappa shape index (κ2) is 6.65. The Hall–Kier alpha value is -2.21. The third-order valence-electron chi connectivity index (χ3n) is 2.60. The van der Waals surface area contributed by atoms with Gasteiger partial charge in [0.25, 0.3) is 0 Å². The van der Waals surface area contributed by atoms with E-state index in [4.69, 9.17) is 4.74 Å². The first kappa shape index (κ1) is 13.2. The Labute approximate surface area is 111 Å². The average molecular weight is 260 g/mol. The zero-order valence-electron chi connectivity index (χ0n) is 10.7. The summed E-state index contributed by atoms with van der Waals surface area (Å²) in [6.07, 6.45) is 3.19. The molecule has 0 spiro atoms. The number of nitrogens with zero attached hydrogens (tertiary/aromatic N) is 3. The molecule has 1 aromatic carbocycles. The van der Waals surface area contributed by atoms with Gasteiger partial charge in [-0.1, -0.05) is 24.3 Å². The van der Waals surface area contributed by atoms with Crippen molar-refractivity contribution in [1.82, 2.24) is 20.1 Å². The van der Waals surface area contributed by atoms with Gasteiger partial charge in [-0.3, -0.25) is 4.79 Å². The Morgan fingerprint density at radius 1 is 1.32 bits per heavy atom. The first-order valence-corrected chi connectivity index (χ1v) is 5.94. The number of methoxy groups -OCH3 is 1. The first-order valence-electron chi connectivity index (χ1n) is 5.94. The molecule has 6 nitrogen and oxygen atoms in total. The molecule has 2 aromatic rings. The fraction of sp³-hybridized carbons (Fsp3) is 0.308. The second-order valence-corrected chi connectivity index (χ2v) is 4.12. The van der Waals surface area contributed by atoms with Crippen LogP contribution in [0.3, 0.4) is 0 Å². The van der Waals surface area contributed by atoms with Crippen LogP contribution < -0.4 is 5.32 Å². The maximum Gasteiger partial charge on any atom is 0.246 e. The Bertz CT molecular complexity index is 508. The van der Waals surface area contributed by atoms with Crippen molar-refractivity contribution < 1.29 is 9.53 Å². The maximum atomic E-state index is 11.2. The predicted molar refractivity (Wildman–Crippen MR) is 69.3 cm³/mol. The van der Waals surface area contributed by atoms with Gasteiger partial charge < -0.3 is 10.1 Å². The van der Waals surface area contributed by atoms with E-state index in [0.29, 0.717) is 13.1 Å². The lowest BCUT2D eigenvalue weighted by Gasteiger charge is -2.06. The minimum Gasteiger partial charge on any atom is -0.375 e. The number of nitrogens with one attached hydrogen (secondary N) is 1. The van der Waals surface area contributed by atoms with Crippen molar-refractivity contribution in [3.8, 4) is 0 Å². The zero-order valence-corrected chi connectivity index (χ0v) is 10.7. The topological polar surface area (TPSA) is 69.0 Å². The van der Waals surface area contributed by atoms with E-state index in [1.54, 1.807) is 11.0 Å². The van der Waals surface area contributed by atoms with Crippen molar-refractivity contribution in [3.05, 3.63) is 48.0 Å². The van der Waals surface area contributed by atoms with Crippen molar-refractivity contribution in [2.45, 2.75) is 13.1 Å². The Balaban J connectivity index is 1.86. The molecule has 0 radical (unpaired) electrons. The van der Waals surface area contributed by atoms with E-state index in [2.05, 4.69) is 15.4 Å². The quantitative estimate of drug-likeness (QED) is 0.825. The first-order chi connectivity index (χ1) is 9.28. The van der Waals surface area contributed by atoms with E-state index in [0.717, 1.165) is 11.1 Å². The molecule has 0 unspecified atom stereocenters. The summed E-state index contributed by atoms with van der Waals surface area (Å²) in [5, 5.41) is 6.82. The highest BCUT2D eigenvalue weighted by Crippen LogP contribution is 2.05. The van der Waals surface area contributed by atoms with Crippen LogP contribution in [0.4, 0.5) is 0 Å². The highest BCUT2D eigenvalue weighted by Gasteiger charge is 2.00. The van der Waals surface area contributed by atoms with Crippen molar-refractivity contribution in [2.24, 2.45) is 0 Å². The number of carbonyl (C=O) groups is 1. The molecule has 1 amide bonds. The fourth-order valence-electron chi connectivity index (χ4n) is 1.65. The molecule has 0 aliphatic rings. The van der Waals surface area contributed by atoms with Gasteiger partial charge in [0.1, 0.15) is 19.3 Å². The summed E-state index contributed by atoms with van der Waals surface area (Å²) in [5.74, 6) is -0.116. The molecule has 0 atom stereocenters. The Morgan fingerprint density at radius 3 is 2.68 bits per heavy atom. The zero-order chi connectivity index (χ0) is 13.5. The molecular formula is C13H16N4O2. The highest BCUT2D eigenvalue weighted by atomic mass is 16.5. The van der Waals surface area contributed by atoms with Gasteiger partial charge >= 0.3 is 0 Å². The van der Waals surface area contributed by atoms with E-state index < -0.39 is 0 Å². The molecule has 0 bridgehead atoms. The van der Waals surface area contributed by atoms with Crippen LogP contribution in [0.15, 0.2) is 36.9 Å². The third kappa shape index (κ3) is 4.18. The molecule has 1 N–H and O–H groups in total. The number of hydrogen-bond acceptors (Lipinski definition) is 4. The van der Waals surface area contributed by atoms with Crippen LogP contribution in [0.2, 0.25) is 0 Å². The van der Waals surface area contributed by atoms with Crippen molar-refractivity contribution >= 4 is 5.91 Å². The van der Waals surface area contributed by atoms with Crippen molar-refractivity contribution in [2.75, 3.05) is 13.7 Å². The molecule has 0 aliphatic heterocycles. The second-order valence-electron chi connectivity index (χ2n) is 4.12. The summed E-state index contributed by atoms with van der Waals surface area (Å²) >= 11 is 0. The molecule has 1 aromatic heterocycles. The van der Waals surface area contributed by atoms with Crippen LogP contribution in [0.1, 0.15) is 11.1 Å². The molecule has 1 heterocycles. The molecule has 0 saturated heterocycles. The van der Waals surface area contributed by atoms with Crippen molar-refractivity contribution in [3.63, 3.8) is 0 Å². The van der Waals surface area contributed by atoms with Gasteiger partial charge in [0.2, 0.25) is 5.91 Å². The monoisotopic (exact) mass is 260 g/mol. The van der Waals surface area contributed by atoms with E-state index in [1.165, 1.54) is 13.4 Å². The number of amides is 1. The largest absolute Gasteiger partial charge is 0.375 e. The lowest BCUT2D eigenvalue weighted by atomic mass is 10.1. The van der Waals surface area contributed by atoms with Gasteiger partial charge in [-0.2, -0.15) is 5.10 Å². The number of benzene rings is 1. The van der Waals surface area contributed by atoms with E-state index in [-0.39, 0.29) is 12.5 Å². The maximum absolute atomic E-state index is 11.2. The smallest absolute Gasteiger partial charge is 0.246 e. The molecule has 0 saturated carbocycles. The molecule has 0 aliphatic carbocycles. The summed E-state index contributed by atoms with van der Waals surface area (Å²) in [5.41, 5.74) is 2.18. The fourth-order valence-corrected chi connectivity index (χ4v) is 1.65. The molecule has 6 heteroatoms. The molecular weight excluding hydrogens is 244 g/mol. The number of ether oxygens (including phenoxy) is 1. The van der Waals surface area contributed by atoms with Gasteiger partial charge in [0.05, 0.1) is 6.54 Å². The normalized spacial score (nSPS) is 10.4. The molecule has 0 fully saturated rings. The van der Waals surface area contributed by atoms with Crippen LogP contribution in [0, 0.1) is 0 Å². The third-order valence-corrected chi connectivity index (χ3v) is 2.60. The molecule has 100 valence electrons. The lowest BCUT2D eigenvalue weighted by Crippen LogP contribution is -2.26. The van der Waals surface area contributed by atoms with Gasteiger partial charge in [0.15, 0.2) is 0 Å². The van der Waals surface area contributed by atoms with Gasteiger partial charge in [-0.15, -0.1) is 0 Å². The minimum absolute atomic E-state index is 0.0877. The van der Waals surface area contributed by atoms with Gasteiger partial charge in [-0.05, 0) is 11.1 Å². The van der Waals surface area contributed by atoms with Gasteiger partial charge in [-0.25, -0.2) is 9.67 Å². The molecule has 19 heavy (non-hydrogen) atoms. The SMILES string of the molecule is COCC(=O)NCc1ccc(Cn2cncn2)cc1. The summed E-state index contributed by atoms with van der Waals surface area (Å²) in [4.78, 5) is 15.1. The van der Waals surface area contributed by atoms with Crippen LogP contribution in [0.25, 0.3) is 0 Å². The summed E-state index contributed by atoms with van der Waals surface area (Å²) < 4.78 is 6.50. The van der Waals surface area contributed by atoms with Crippen molar-refractivity contribution in [1.29, 1.82) is 0 Å². The number of carbonyl (C=O) groups excluding carboxylic acids is 1. The van der Waals surface area contributed by atoms with Crippen LogP contribution in [0.5, 0.6) is 0 Å². The summed E-state index contributed by atoms with van der Waals surface area (Å²) in [6, 6.07) is 8.00. The Morgan fingerprint density at radius 2 is 2.05 bits per heavy atom. The number of aromatic nitrogens is 3. The van der Waals surface area contributed by atoms with Crippen LogP contribution in [-0.4, -0.2) is 34.4 Å². The minimum atomic E-state index is -0.116. The average Bonchev–Trinajstić information content (AvgIpc) is 2.91. The van der Waals surface area contributed by atoms with Crippen LogP contribution in [-0.2, 0) is 22.6 Å². The summed E-state index contributed by atoms with van der Waals surface area (Å²) in [6.45, 7) is 1.28. The van der Waals surface area contributed by atoms with E-state index in [9.17, 15) is 4.79 Å². The lowest BCUT2D eigenvalue weighted by molar-refractivity contribution is -0.124. The number of rotatable bonds is 6. The van der Waals surface area contributed by atoms with E-state index >= 15 is 0 Å².